The number of rotatable bonds is 12. The molecule has 0 heterocycles. The first-order valence-electron chi connectivity index (χ1n) is 9.26. The highest BCUT2D eigenvalue weighted by Crippen LogP contribution is 2.21. The molecular formula is C21H30O6. The molecule has 1 rings (SSSR count). The lowest BCUT2D eigenvalue weighted by molar-refractivity contribution is -0.148. The summed E-state index contributed by atoms with van der Waals surface area (Å²) in [5, 5.41) is 8.71. The molecule has 1 N–H and O–H groups in total. The quantitative estimate of drug-likeness (QED) is 0.243. The standard InChI is InChI=1S/C21H30O6/c1-3-18(20(23)26-14-6-13-22)8-5-4-7-17-9-11-19(12-10-17)21(24)27-16-15-25-2/h3,5,8-11,19,22H,4,6-7,12-16H2,1-2H3/b8-5-,18-3+. The van der Waals surface area contributed by atoms with Crippen molar-refractivity contribution in [2.24, 2.45) is 5.92 Å². The highest BCUT2D eigenvalue weighted by molar-refractivity contribution is 5.91. The zero-order valence-electron chi connectivity index (χ0n) is 16.2. The lowest BCUT2D eigenvalue weighted by Gasteiger charge is -2.15. The SMILES string of the molecule is C/C=C(\C=C/CCC1=CCC(C(=O)OCCOC)C=C1)C(=O)OCCCO. The Morgan fingerprint density at radius 3 is 2.70 bits per heavy atom. The second-order valence-corrected chi connectivity index (χ2v) is 6.04. The number of esters is 2. The molecular weight excluding hydrogens is 348 g/mol. The van der Waals surface area contributed by atoms with Gasteiger partial charge in [-0.2, -0.15) is 0 Å². The van der Waals surface area contributed by atoms with Crippen LogP contribution < -0.4 is 0 Å². The first-order valence-corrected chi connectivity index (χ1v) is 9.26. The molecule has 0 aromatic heterocycles. The average Bonchev–Trinajstić information content (AvgIpc) is 2.68. The lowest BCUT2D eigenvalue weighted by Crippen LogP contribution is -2.19. The molecule has 0 aromatic carbocycles. The largest absolute Gasteiger partial charge is 0.463 e. The third kappa shape index (κ3) is 9.35. The topological polar surface area (TPSA) is 82.1 Å². The summed E-state index contributed by atoms with van der Waals surface area (Å²) in [6.07, 6.45) is 14.0. The minimum absolute atomic E-state index is 0.00263. The maximum Gasteiger partial charge on any atom is 0.337 e. The van der Waals surface area contributed by atoms with E-state index in [1.165, 1.54) is 0 Å². The third-order valence-electron chi connectivity index (χ3n) is 3.99. The van der Waals surface area contributed by atoms with Gasteiger partial charge in [0.25, 0.3) is 0 Å². The number of hydrogen-bond donors (Lipinski definition) is 1. The summed E-state index contributed by atoms with van der Waals surface area (Å²) in [6.45, 7) is 2.68. The molecule has 1 unspecified atom stereocenters. The summed E-state index contributed by atoms with van der Waals surface area (Å²) in [4.78, 5) is 23.7. The van der Waals surface area contributed by atoms with E-state index in [9.17, 15) is 9.59 Å². The monoisotopic (exact) mass is 378 g/mol. The van der Waals surface area contributed by atoms with Crippen LogP contribution in [-0.4, -0.2) is 50.6 Å². The van der Waals surface area contributed by atoms with E-state index < -0.39 is 0 Å². The maximum absolute atomic E-state index is 11.9. The zero-order valence-corrected chi connectivity index (χ0v) is 16.2. The van der Waals surface area contributed by atoms with Crippen molar-refractivity contribution in [2.45, 2.75) is 32.6 Å². The Balaban J connectivity index is 2.34. The molecule has 1 aliphatic rings. The Kier molecular flexibility index (Phi) is 11.8. The van der Waals surface area contributed by atoms with Crippen molar-refractivity contribution in [3.05, 3.63) is 47.6 Å². The number of carbonyl (C=O) groups is 2. The Hall–Kier alpha value is -2.18. The molecule has 0 aliphatic heterocycles. The Morgan fingerprint density at radius 1 is 1.26 bits per heavy atom. The highest BCUT2D eigenvalue weighted by Gasteiger charge is 2.18. The van der Waals surface area contributed by atoms with Crippen molar-refractivity contribution in [3.63, 3.8) is 0 Å². The number of aliphatic hydroxyl groups excluding tert-OH is 1. The van der Waals surface area contributed by atoms with Gasteiger partial charge >= 0.3 is 11.9 Å². The molecule has 1 atom stereocenters. The number of methoxy groups -OCH3 is 1. The minimum atomic E-state index is -0.381. The van der Waals surface area contributed by atoms with Crippen molar-refractivity contribution in [3.8, 4) is 0 Å². The fourth-order valence-corrected chi connectivity index (χ4v) is 2.41. The summed E-state index contributed by atoms with van der Waals surface area (Å²) in [5.41, 5.74) is 1.66. The molecule has 0 bridgehead atoms. The lowest BCUT2D eigenvalue weighted by atomic mass is 9.94. The number of ether oxygens (including phenoxy) is 3. The second kappa shape index (κ2) is 13.9. The first-order chi connectivity index (χ1) is 13.1. The van der Waals surface area contributed by atoms with Crippen LogP contribution in [0.1, 0.15) is 32.6 Å². The van der Waals surface area contributed by atoms with Crippen LogP contribution in [0.25, 0.3) is 0 Å². The molecule has 0 aromatic rings. The van der Waals surface area contributed by atoms with Crippen LogP contribution in [0.3, 0.4) is 0 Å². The Bertz CT molecular complexity index is 585. The van der Waals surface area contributed by atoms with Crippen molar-refractivity contribution < 1.29 is 28.9 Å². The number of hydrogen-bond acceptors (Lipinski definition) is 6. The minimum Gasteiger partial charge on any atom is -0.463 e. The predicted octanol–water partition coefficient (Wildman–Crippen LogP) is 2.89. The van der Waals surface area contributed by atoms with Gasteiger partial charge in [0, 0.05) is 20.1 Å². The Morgan fingerprint density at radius 2 is 2.07 bits per heavy atom. The third-order valence-corrected chi connectivity index (χ3v) is 3.99. The molecule has 0 amide bonds. The average molecular weight is 378 g/mol. The maximum atomic E-state index is 11.9. The van der Waals surface area contributed by atoms with Gasteiger partial charge in [-0.25, -0.2) is 4.79 Å². The van der Waals surface area contributed by atoms with Crippen LogP contribution >= 0.6 is 0 Å². The van der Waals surface area contributed by atoms with Crippen LogP contribution in [0, 0.1) is 5.92 Å². The van der Waals surface area contributed by atoms with Crippen molar-refractivity contribution in [1.82, 2.24) is 0 Å². The molecule has 27 heavy (non-hydrogen) atoms. The van der Waals surface area contributed by atoms with Crippen LogP contribution in [0.4, 0.5) is 0 Å². The van der Waals surface area contributed by atoms with Crippen LogP contribution in [-0.2, 0) is 23.8 Å². The molecule has 0 saturated carbocycles. The predicted molar refractivity (Wildman–Crippen MR) is 103 cm³/mol. The molecule has 0 radical (unpaired) electrons. The van der Waals surface area contributed by atoms with Crippen LogP contribution in [0.15, 0.2) is 47.6 Å². The van der Waals surface area contributed by atoms with E-state index in [2.05, 4.69) is 6.08 Å². The van der Waals surface area contributed by atoms with Gasteiger partial charge in [-0.05, 0) is 26.2 Å². The van der Waals surface area contributed by atoms with Gasteiger partial charge in [0.1, 0.15) is 6.61 Å². The van der Waals surface area contributed by atoms with Gasteiger partial charge in [0.15, 0.2) is 0 Å². The number of allylic oxidation sites excluding steroid dienone is 5. The first kappa shape index (κ1) is 22.9. The molecule has 0 fully saturated rings. The molecule has 0 spiro atoms. The van der Waals surface area contributed by atoms with Gasteiger partial charge in [-0.15, -0.1) is 0 Å². The number of carbonyl (C=O) groups excluding carboxylic acids is 2. The van der Waals surface area contributed by atoms with E-state index in [4.69, 9.17) is 19.3 Å². The van der Waals surface area contributed by atoms with E-state index in [-0.39, 0.29) is 37.7 Å². The van der Waals surface area contributed by atoms with E-state index >= 15 is 0 Å². The van der Waals surface area contributed by atoms with E-state index in [1.54, 1.807) is 26.2 Å². The molecule has 6 heteroatoms. The van der Waals surface area contributed by atoms with Gasteiger partial charge in [-0.3, -0.25) is 4.79 Å². The smallest absolute Gasteiger partial charge is 0.337 e. The van der Waals surface area contributed by atoms with Gasteiger partial charge < -0.3 is 19.3 Å². The molecule has 150 valence electrons. The summed E-state index contributed by atoms with van der Waals surface area (Å²) in [6, 6.07) is 0. The van der Waals surface area contributed by atoms with E-state index in [0.717, 1.165) is 18.4 Å². The van der Waals surface area contributed by atoms with Crippen molar-refractivity contribution >= 4 is 11.9 Å². The van der Waals surface area contributed by atoms with E-state index in [0.29, 0.717) is 25.0 Å². The van der Waals surface area contributed by atoms with Crippen LogP contribution in [0.2, 0.25) is 0 Å². The molecule has 6 nitrogen and oxygen atoms in total. The van der Waals surface area contributed by atoms with Crippen molar-refractivity contribution in [2.75, 3.05) is 33.5 Å². The summed E-state index contributed by atoms with van der Waals surface area (Å²) < 4.78 is 15.1. The van der Waals surface area contributed by atoms with Gasteiger partial charge in [0.2, 0.25) is 0 Å². The highest BCUT2D eigenvalue weighted by atomic mass is 16.6. The molecule has 0 saturated heterocycles. The van der Waals surface area contributed by atoms with Gasteiger partial charge in [0.05, 0.1) is 24.7 Å². The van der Waals surface area contributed by atoms with Crippen molar-refractivity contribution in [1.29, 1.82) is 0 Å². The normalized spacial score (nSPS) is 17.1. The van der Waals surface area contributed by atoms with E-state index in [1.807, 2.05) is 18.2 Å². The second-order valence-electron chi connectivity index (χ2n) is 6.04. The zero-order chi connectivity index (χ0) is 19.9. The van der Waals surface area contributed by atoms with Crippen LogP contribution in [0.5, 0.6) is 0 Å². The fraction of sp³-hybridized carbons (Fsp3) is 0.524. The molecule has 1 aliphatic carbocycles. The van der Waals surface area contributed by atoms with Gasteiger partial charge in [-0.1, -0.05) is 42.0 Å². The Labute approximate surface area is 161 Å². The number of aliphatic hydroxyl groups is 1. The fourth-order valence-electron chi connectivity index (χ4n) is 2.41. The summed E-state index contributed by atoms with van der Waals surface area (Å²) >= 11 is 0. The summed E-state index contributed by atoms with van der Waals surface area (Å²) in [5.74, 6) is -0.839. The summed E-state index contributed by atoms with van der Waals surface area (Å²) in [7, 11) is 1.57.